The zero-order valence-corrected chi connectivity index (χ0v) is 15.6. The van der Waals surface area contributed by atoms with Crippen molar-refractivity contribution < 1.29 is 28.2 Å². The van der Waals surface area contributed by atoms with Crippen LogP contribution < -0.4 is 14.9 Å². The Balaban J connectivity index is 2.06. The molecule has 0 spiro atoms. The Labute approximate surface area is 157 Å². The lowest BCUT2D eigenvalue weighted by molar-refractivity contribution is 0.0529. The molecule has 8 nitrogen and oxygen atoms in total. The number of esters is 1. The highest BCUT2D eigenvalue weighted by atomic mass is 16.6. The van der Waals surface area contributed by atoms with E-state index in [1.165, 1.54) is 18.5 Å². The van der Waals surface area contributed by atoms with Gasteiger partial charge >= 0.3 is 12.1 Å². The van der Waals surface area contributed by atoms with Gasteiger partial charge in [-0.1, -0.05) is 0 Å². The molecule has 0 radical (unpaired) electrons. The van der Waals surface area contributed by atoms with Crippen LogP contribution in [0, 0.1) is 0 Å². The van der Waals surface area contributed by atoms with Crippen molar-refractivity contribution in [3.05, 3.63) is 47.9 Å². The van der Waals surface area contributed by atoms with Gasteiger partial charge in [-0.25, -0.2) is 15.0 Å². The lowest BCUT2D eigenvalue weighted by Gasteiger charge is -2.18. The molecule has 27 heavy (non-hydrogen) atoms. The molecule has 0 unspecified atom stereocenters. The summed E-state index contributed by atoms with van der Waals surface area (Å²) in [7, 11) is 0. The molecule has 0 aliphatic heterocycles. The molecule has 1 amide bonds. The van der Waals surface area contributed by atoms with Gasteiger partial charge in [0.25, 0.3) is 0 Å². The van der Waals surface area contributed by atoms with Crippen LogP contribution >= 0.6 is 0 Å². The van der Waals surface area contributed by atoms with Crippen molar-refractivity contribution in [3.63, 3.8) is 0 Å². The highest BCUT2D eigenvalue weighted by Gasteiger charge is 2.16. The van der Waals surface area contributed by atoms with Crippen LogP contribution in [0.4, 0.5) is 4.79 Å². The van der Waals surface area contributed by atoms with Crippen molar-refractivity contribution in [2.24, 2.45) is 5.10 Å². The highest BCUT2D eigenvalue weighted by Crippen LogP contribution is 2.29. The molecular weight excluding hydrogens is 352 g/mol. The summed E-state index contributed by atoms with van der Waals surface area (Å²) in [6.45, 7) is 7.46. The predicted octanol–water partition coefficient (Wildman–Crippen LogP) is 3.76. The van der Waals surface area contributed by atoms with Crippen LogP contribution in [0.15, 0.2) is 46.1 Å². The number of amides is 1. The van der Waals surface area contributed by atoms with E-state index in [0.717, 1.165) is 0 Å². The summed E-state index contributed by atoms with van der Waals surface area (Å²) in [5.74, 6) is 0.0627. The Morgan fingerprint density at radius 1 is 1.22 bits per heavy atom. The van der Waals surface area contributed by atoms with Gasteiger partial charge in [0, 0.05) is 0 Å². The van der Waals surface area contributed by atoms with E-state index in [2.05, 4.69) is 10.5 Å². The standard InChI is InChI=1S/C19H22N2O6/c1-5-24-16-11-13(12-20-21-18(23)27-19(2,3)4)8-9-14(16)26-17(22)15-7-6-10-25-15/h6-12H,5H2,1-4H3,(H,21,23)/b20-12-. The SMILES string of the molecule is CCOc1cc(/C=N\NC(=O)OC(C)(C)C)ccc1OC(=O)c1ccco1. The topological polar surface area (TPSA) is 99.4 Å². The van der Waals surface area contributed by atoms with Gasteiger partial charge in [-0.05, 0) is 63.6 Å². The largest absolute Gasteiger partial charge is 0.490 e. The number of hydrogen-bond acceptors (Lipinski definition) is 7. The lowest BCUT2D eigenvalue weighted by Crippen LogP contribution is -2.29. The van der Waals surface area contributed by atoms with Gasteiger partial charge in [-0.3, -0.25) is 0 Å². The Morgan fingerprint density at radius 2 is 2.00 bits per heavy atom. The third kappa shape index (κ3) is 6.50. The van der Waals surface area contributed by atoms with Crippen molar-refractivity contribution in [2.75, 3.05) is 6.61 Å². The number of hydrogen-bond donors (Lipinski definition) is 1. The fourth-order valence-electron chi connectivity index (χ4n) is 1.96. The van der Waals surface area contributed by atoms with Crippen LogP contribution in [-0.4, -0.2) is 30.5 Å². The van der Waals surface area contributed by atoms with Crippen LogP contribution in [0.3, 0.4) is 0 Å². The monoisotopic (exact) mass is 374 g/mol. The smallest absolute Gasteiger partial charge is 0.428 e. The molecule has 144 valence electrons. The quantitative estimate of drug-likeness (QED) is 0.358. The maximum atomic E-state index is 12.0. The van der Waals surface area contributed by atoms with E-state index >= 15 is 0 Å². The summed E-state index contributed by atoms with van der Waals surface area (Å²) < 4.78 is 20.9. The zero-order valence-electron chi connectivity index (χ0n) is 15.6. The second-order valence-electron chi connectivity index (χ2n) is 6.38. The number of rotatable bonds is 6. The van der Waals surface area contributed by atoms with Crippen molar-refractivity contribution in [1.82, 2.24) is 5.43 Å². The summed E-state index contributed by atoms with van der Waals surface area (Å²) in [5, 5.41) is 3.83. The molecule has 0 saturated carbocycles. The van der Waals surface area contributed by atoms with Crippen molar-refractivity contribution in [2.45, 2.75) is 33.3 Å². The average molecular weight is 374 g/mol. The molecule has 2 aromatic rings. The second-order valence-corrected chi connectivity index (χ2v) is 6.38. The maximum Gasteiger partial charge on any atom is 0.428 e. The van der Waals surface area contributed by atoms with E-state index in [4.69, 9.17) is 18.6 Å². The molecule has 1 aromatic carbocycles. The van der Waals surface area contributed by atoms with E-state index in [1.807, 2.05) is 6.92 Å². The minimum Gasteiger partial charge on any atom is -0.490 e. The number of nitrogens with zero attached hydrogens (tertiary/aromatic N) is 1. The van der Waals surface area contributed by atoms with E-state index in [0.29, 0.717) is 17.9 Å². The molecule has 0 atom stereocenters. The molecule has 0 aliphatic carbocycles. The number of ether oxygens (including phenoxy) is 3. The Bertz CT molecular complexity index is 806. The first kappa shape index (κ1) is 20.0. The third-order valence-corrected chi connectivity index (χ3v) is 2.96. The number of benzene rings is 1. The molecule has 0 fully saturated rings. The molecule has 2 rings (SSSR count). The van der Waals surface area contributed by atoms with Crippen molar-refractivity contribution >= 4 is 18.3 Å². The summed E-state index contributed by atoms with van der Waals surface area (Å²) in [6.07, 6.45) is 2.15. The van der Waals surface area contributed by atoms with Gasteiger partial charge in [0.1, 0.15) is 5.60 Å². The second kappa shape index (κ2) is 8.88. The Kier molecular flexibility index (Phi) is 6.59. The van der Waals surface area contributed by atoms with Gasteiger partial charge in [0.15, 0.2) is 11.5 Å². The van der Waals surface area contributed by atoms with E-state index in [-0.39, 0.29) is 11.5 Å². The molecule has 1 N–H and O–H groups in total. The van der Waals surface area contributed by atoms with E-state index in [1.54, 1.807) is 45.0 Å². The maximum absolute atomic E-state index is 12.0. The van der Waals surface area contributed by atoms with Crippen LogP contribution in [0.25, 0.3) is 0 Å². The summed E-state index contributed by atoms with van der Waals surface area (Å²) in [6, 6.07) is 7.96. The minimum absolute atomic E-state index is 0.0876. The van der Waals surface area contributed by atoms with Crippen molar-refractivity contribution in [1.29, 1.82) is 0 Å². The first-order valence-corrected chi connectivity index (χ1v) is 8.33. The molecule has 0 aliphatic rings. The van der Waals surface area contributed by atoms with E-state index in [9.17, 15) is 9.59 Å². The normalized spacial score (nSPS) is 11.3. The van der Waals surface area contributed by atoms with Gasteiger partial charge in [-0.15, -0.1) is 0 Å². The van der Waals surface area contributed by atoms with Crippen molar-refractivity contribution in [3.8, 4) is 11.5 Å². The molecule has 0 saturated heterocycles. The number of carbonyl (C=O) groups excluding carboxylic acids is 2. The summed E-state index contributed by atoms with van der Waals surface area (Å²) >= 11 is 0. The molecule has 0 bridgehead atoms. The number of nitrogens with one attached hydrogen (secondary N) is 1. The Hall–Kier alpha value is -3.29. The number of hydrazone groups is 1. The minimum atomic E-state index is -0.659. The zero-order chi connectivity index (χ0) is 19.9. The molecule has 1 aromatic heterocycles. The van der Waals surface area contributed by atoms with Gasteiger partial charge < -0.3 is 18.6 Å². The first-order chi connectivity index (χ1) is 12.8. The van der Waals surface area contributed by atoms with E-state index < -0.39 is 17.7 Å². The van der Waals surface area contributed by atoms with Gasteiger partial charge in [0.2, 0.25) is 5.76 Å². The van der Waals surface area contributed by atoms with Gasteiger partial charge in [0.05, 0.1) is 19.1 Å². The van der Waals surface area contributed by atoms with Crippen LogP contribution in [0.2, 0.25) is 0 Å². The molecular formula is C19H22N2O6. The van der Waals surface area contributed by atoms with Gasteiger partial charge in [-0.2, -0.15) is 5.10 Å². The average Bonchev–Trinajstić information content (AvgIpc) is 3.10. The summed E-state index contributed by atoms with van der Waals surface area (Å²) in [4.78, 5) is 23.6. The number of carbonyl (C=O) groups is 2. The van der Waals surface area contributed by atoms with Crippen LogP contribution in [-0.2, 0) is 4.74 Å². The highest BCUT2D eigenvalue weighted by molar-refractivity contribution is 5.89. The molecule has 1 heterocycles. The fraction of sp³-hybridized carbons (Fsp3) is 0.316. The first-order valence-electron chi connectivity index (χ1n) is 8.33. The third-order valence-electron chi connectivity index (χ3n) is 2.96. The lowest BCUT2D eigenvalue weighted by atomic mass is 10.2. The number of furan rings is 1. The van der Waals surface area contributed by atoms with Crippen LogP contribution in [0.5, 0.6) is 11.5 Å². The fourth-order valence-corrected chi connectivity index (χ4v) is 1.96. The Morgan fingerprint density at radius 3 is 2.63 bits per heavy atom. The summed E-state index contributed by atoms with van der Waals surface area (Å²) in [5.41, 5.74) is 2.30. The van der Waals surface area contributed by atoms with Crippen LogP contribution in [0.1, 0.15) is 43.8 Å². The predicted molar refractivity (Wildman–Crippen MR) is 98.2 cm³/mol. The molecule has 8 heteroatoms.